The fourth-order valence-corrected chi connectivity index (χ4v) is 3.40. The quantitative estimate of drug-likeness (QED) is 0.540. The number of hydrogen-bond acceptors (Lipinski definition) is 5. The molecular formula is C21H29NO5. The highest BCUT2D eigenvalue weighted by molar-refractivity contribution is 5.90. The molecule has 0 bridgehead atoms. The molecule has 27 heavy (non-hydrogen) atoms. The summed E-state index contributed by atoms with van der Waals surface area (Å²) in [5.74, 6) is 0.372. The lowest BCUT2D eigenvalue weighted by molar-refractivity contribution is -0.156. The van der Waals surface area contributed by atoms with E-state index in [2.05, 4.69) is 0 Å². The van der Waals surface area contributed by atoms with Crippen molar-refractivity contribution in [1.29, 1.82) is 0 Å². The van der Waals surface area contributed by atoms with Gasteiger partial charge in [-0.1, -0.05) is 31.4 Å². The number of hydrogen-bond donors (Lipinski definition) is 0. The second-order valence-electron chi connectivity index (χ2n) is 6.74. The van der Waals surface area contributed by atoms with E-state index in [0.29, 0.717) is 17.1 Å². The second kappa shape index (κ2) is 10.00. The van der Waals surface area contributed by atoms with Crippen LogP contribution in [0.25, 0.3) is 6.08 Å². The zero-order valence-corrected chi connectivity index (χ0v) is 16.6. The smallest absolute Gasteiger partial charge is 0.331 e. The Balaban J connectivity index is 1.96. The van der Waals surface area contributed by atoms with Crippen LogP contribution < -0.4 is 9.47 Å². The van der Waals surface area contributed by atoms with E-state index in [0.717, 1.165) is 25.7 Å². The van der Waals surface area contributed by atoms with Crippen molar-refractivity contribution in [2.24, 2.45) is 0 Å². The topological polar surface area (TPSA) is 65.1 Å². The Kier molecular flexibility index (Phi) is 7.70. The van der Waals surface area contributed by atoms with Gasteiger partial charge in [-0.25, -0.2) is 4.79 Å². The third-order valence-electron chi connectivity index (χ3n) is 4.94. The molecule has 1 aromatic rings. The number of nitrogens with zero attached hydrogens (tertiary/aromatic N) is 1. The minimum atomic E-state index is -0.818. The lowest BCUT2D eigenvalue weighted by atomic mass is 9.94. The summed E-state index contributed by atoms with van der Waals surface area (Å²) in [6.45, 7) is 1.61. The molecule has 1 aromatic carbocycles. The number of carbonyl (C=O) groups is 2. The van der Waals surface area contributed by atoms with Crippen LogP contribution in [0.15, 0.2) is 24.3 Å². The summed E-state index contributed by atoms with van der Waals surface area (Å²) in [5.41, 5.74) is 0.687. The van der Waals surface area contributed by atoms with Crippen LogP contribution in [0.3, 0.4) is 0 Å². The van der Waals surface area contributed by atoms with Crippen LogP contribution in [0, 0.1) is 0 Å². The van der Waals surface area contributed by atoms with Crippen LogP contribution in [-0.4, -0.2) is 50.2 Å². The number of benzene rings is 1. The molecule has 0 aliphatic heterocycles. The van der Waals surface area contributed by atoms with Crippen molar-refractivity contribution in [2.45, 2.75) is 51.2 Å². The first-order valence-corrected chi connectivity index (χ1v) is 9.34. The van der Waals surface area contributed by atoms with Crippen molar-refractivity contribution in [3.05, 3.63) is 29.8 Å². The van der Waals surface area contributed by atoms with Gasteiger partial charge < -0.3 is 19.1 Å². The van der Waals surface area contributed by atoms with Crippen LogP contribution >= 0.6 is 0 Å². The number of rotatable bonds is 7. The highest BCUT2D eigenvalue weighted by atomic mass is 16.5. The Morgan fingerprint density at radius 1 is 1.15 bits per heavy atom. The molecule has 0 spiro atoms. The summed E-state index contributed by atoms with van der Waals surface area (Å²) in [5, 5.41) is 0. The van der Waals surface area contributed by atoms with Gasteiger partial charge in [0.1, 0.15) is 0 Å². The van der Waals surface area contributed by atoms with Crippen LogP contribution in [0.1, 0.15) is 44.6 Å². The Morgan fingerprint density at radius 3 is 2.48 bits per heavy atom. The van der Waals surface area contributed by atoms with Gasteiger partial charge in [-0.3, -0.25) is 4.79 Å². The molecule has 0 radical (unpaired) electrons. The summed E-state index contributed by atoms with van der Waals surface area (Å²) in [7, 11) is 4.88. The zero-order chi connectivity index (χ0) is 19.8. The number of para-hydroxylation sites is 1. The number of carbonyl (C=O) groups excluding carboxylic acids is 2. The SMILES string of the molecule is COc1cccc(/C=C/C(=O)O[C@@H](C)C(=O)N(C)C2CCCCC2)c1OC. The van der Waals surface area contributed by atoms with Gasteiger partial charge in [0.25, 0.3) is 5.91 Å². The molecular weight excluding hydrogens is 346 g/mol. The molecule has 1 aliphatic carbocycles. The Morgan fingerprint density at radius 2 is 1.85 bits per heavy atom. The van der Waals surface area contributed by atoms with Crippen LogP contribution in [0.2, 0.25) is 0 Å². The van der Waals surface area contributed by atoms with E-state index in [-0.39, 0.29) is 11.9 Å². The van der Waals surface area contributed by atoms with Gasteiger partial charge in [-0.15, -0.1) is 0 Å². The highest BCUT2D eigenvalue weighted by Crippen LogP contribution is 2.31. The number of likely N-dealkylation sites (N-methyl/N-ethyl adjacent to an activating group) is 1. The van der Waals surface area contributed by atoms with Gasteiger partial charge in [0.05, 0.1) is 14.2 Å². The van der Waals surface area contributed by atoms with E-state index in [1.807, 2.05) is 0 Å². The Hall–Kier alpha value is -2.50. The van der Waals surface area contributed by atoms with Gasteiger partial charge in [0.2, 0.25) is 0 Å². The lowest BCUT2D eigenvalue weighted by Gasteiger charge is -2.32. The Labute approximate surface area is 161 Å². The van der Waals surface area contributed by atoms with Crippen molar-refractivity contribution in [1.82, 2.24) is 4.90 Å². The first-order chi connectivity index (χ1) is 13.0. The number of methoxy groups -OCH3 is 2. The lowest BCUT2D eigenvalue weighted by Crippen LogP contribution is -2.44. The average molecular weight is 375 g/mol. The fraction of sp³-hybridized carbons (Fsp3) is 0.524. The van der Waals surface area contributed by atoms with Crippen molar-refractivity contribution in [3.63, 3.8) is 0 Å². The van der Waals surface area contributed by atoms with E-state index in [4.69, 9.17) is 14.2 Å². The van der Waals surface area contributed by atoms with E-state index in [9.17, 15) is 9.59 Å². The standard InChI is InChI=1S/C21H29NO5/c1-15(21(24)22(2)17-10-6-5-7-11-17)27-19(23)14-13-16-9-8-12-18(25-3)20(16)26-4/h8-9,12-15,17H,5-7,10-11H2,1-4H3/b14-13+/t15-/m0/s1. The molecule has 1 saturated carbocycles. The van der Waals surface area contributed by atoms with Crippen molar-refractivity contribution >= 4 is 18.0 Å². The molecule has 1 fully saturated rings. The third-order valence-corrected chi connectivity index (χ3v) is 4.94. The molecule has 148 valence electrons. The first-order valence-electron chi connectivity index (χ1n) is 9.34. The molecule has 0 N–H and O–H groups in total. The average Bonchev–Trinajstić information content (AvgIpc) is 2.71. The first kappa shape index (κ1) is 20.8. The number of esters is 1. The summed E-state index contributed by atoms with van der Waals surface area (Å²) in [6.07, 6.45) is 7.59. The maximum atomic E-state index is 12.5. The molecule has 1 amide bonds. The van der Waals surface area contributed by atoms with E-state index in [1.165, 1.54) is 19.6 Å². The van der Waals surface area contributed by atoms with Crippen molar-refractivity contribution < 1.29 is 23.8 Å². The van der Waals surface area contributed by atoms with Gasteiger partial charge >= 0.3 is 5.97 Å². The fourth-order valence-electron chi connectivity index (χ4n) is 3.40. The number of amides is 1. The maximum absolute atomic E-state index is 12.5. The summed E-state index contributed by atoms with van der Waals surface area (Å²) in [6, 6.07) is 5.62. The minimum Gasteiger partial charge on any atom is -0.493 e. The van der Waals surface area contributed by atoms with E-state index < -0.39 is 12.1 Å². The van der Waals surface area contributed by atoms with E-state index in [1.54, 1.807) is 50.3 Å². The van der Waals surface area contributed by atoms with Gasteiger partial charge in [0, 0.05) is 24.7 Å². The molecule has 0 heterocycles. The third kappa shape index (κ3) is 5.49. The highest BCUT2D eigenvalue weighted by Gasteiger charge is 2.27. The normalized spacial score (nSPS) is 16.0. The molecule has 0 saturated heterocycles. The Bertz CT molecular complexity index is 679. The van der Waals surface area contributed by atoms with Crippen LogP contribution in [0.5, 0.6) is 11.5 Å². The summed E-state index contributed by atoms with van der Waals surface area (Å²) in [4.78, 5) is 26.4. The molecule has 0 aromatic heterocycles. The van der Waals surface area contributed by atoms with Crippen molar-refractivity contribution in [2.75, 3.05) is 21.3 Å². The second-order valence-corrected chi connectivity index (χ2v) is 6.74. The monoisotopic (exact) mass is 375 g/mol. The minimum absolute atomic E-state index is 0.164. The predicted octanol–water partition coefficient (Wildman–Crippen LogP) is 3.44. The van der Waals surface area contributed by atoms with Crippen molar-refractivity contribution in [3.8, 4) is 11.5 Å². The maximum Gasteiger partial charge on any atom is 0.331 e. The van der Waals surface area contributed by atoms with E-state index >= 15 is 0 Å². The van der Waals surface area contributed by atoms with Gasteiger partial charge in [0.15, 0.2) is 17.6 Å². The predicted molar refractivity (Wildman–Crippen MR) is 104 cm³/mol. The zero-order valence-electron chi connectivity index (χ0n) is 16.6. The molecule has 1 aliphatic rings. The van der Waals surface area contributed by atoms with Gasteiger partial charge in [-0.2, -0.15) is 0 Å². The summed E-state index contributed by atoms with van der Waals surface area (Å²) < 4.78 is 15.9. The molecule has 1 atom stereocenters. The largest absolute Gasteiger partial charge is 0.493 e. The number of ether oxygens (including phenoxy) is 3. The molecule has 6 heteroatoms. The molecule has 0 unspecified atom stereocenters. The van der Waals surface area contributed by atoms with Gasteiger partial charge in [-0.05, 0) is 31.9 Å². The molecule has 6 nitrogen and oxygen atoms in total. The summed E-state index contributed by atoms with van der Waals surface area (Å²) >= 11 is 0. The van der Waals surface area contributed by atoms with Crippen LogP contribution in [0.4, 0.5) is 0 Å². The molecule has 2 rings (SSSR count). The van der Waals surface area contributed by atoms with Crippen LogP contribution in [-0.2, 0) is 14.3 Å².